The van der Waals surface area contributed by atoms with Crippen LogP contribution in [0.15, 0.2) is 146 Å². The fourth-order valence-electron chi connectivity index (χ4n) is 10.4. The second kappa shape index (κ2) is 52.9. The Morgan fingerprint density at radius 3 is 1.15 bits per heavy atom. The highest BCUT2D eigenvalue weighted by atomic mass is 16.8. The SMILES string of the molecule is CC/C=C\C/C=C\C/C=C\C/C=C\C/C=C\C/C=C\C/C=C\C/C=C\C/C=C\C/C=C\C/C=C\C/C=C\CCCCC(=O)NC(COC1OC(CO)C(OC2OC(CO)C(OC3OC(CO)C(O)C(O)C3O)C(O)C2O)C(O)C1O)C(O)CCCCCCCCCC. The molecule has 3 aliphatic rings. The molecule has 19 nitrogen and oxygen atoms in total. The first kappa shape index (κ1) is 81.9. The van der Waals surface area contributed by atoms with Gasteiger partial charge >= 0.3 is 0 Å². The number of hydrogen-bond acceptors (Lipinski definition) is 18. The van der Waals surface area contributed by atoms with Gasteiger partial charge in [-0.25, -0.2) is 0 Å². The van der Waals surface area contributed by atoms with Crippen molar-refractivity contribution in [3.8, 4) is 0 Å². The Hall–Kier alpha value is -4.33. The predicted octanol–water partition coefficient (Wildman–Crippen LogP) is 8.76. The van der Waals surface area contributed by atoms with E-state index in [1.807, 2.05) is 0 Å². The molecule has 3 saturated heterocycles. The number of aliphatic hydroxyl groups is 11. The summed E-state index contributed by atoms with van der Waals surface area (Å²) in [6.45, 7) is 1.56. The van der Waals surface area contributed by atoms with E-state index in [2.05, 4.69) is 165 Å². The van der Waals surface area contributed by atoms with Crippen LogP contribution in [0.4, 0.5) is 0 Å². The normalized spacial score (nSPS) is 28.6. The molecule has 0 aliphatic carbocycles. The second-order valence-electron chi connectivity index (χ2n) is 23.6. The fraction of sp³-hybridized carbons (Fsp3) is 0.658. The third kappa shape index (κ3) is 34.4. The van der Waals surface area contributed by atoms with E-state index in [9.17, 15) is 61.0 Å². The monoisotopic (exact) mass is 1300 g/mol. The van der Waals surface area contributed by atoms with Crippen molar-refractivity contribution in [1.29, 1.82) is 0 Å². The van der Waals surface area contributed by atoms with Crippen molar-refractivity contribution < 1.29 is 89.4 Å². The minimum atomic E-state index is -1.98. The van der Waals surface area contributed by atoms with Crippen LogP contribution in [0.25, 0.3) is 0 Å². The van der Waals surface area contributed by atoms with Gasteiger partial charge in [0.1, 0.15) is 73.2 Å². The smallest absolute Gasteiger partial charge is 0.220 e. The zero-order valence-corrected chi connectivity index (χ0v) is 55.0. The molecule has 12 N–H and O–H groups in total. The lowest BCUT2D eigenvalue weighted by Gasteiger charge is -2.48. The van der Waals surface area contributed by atoms with E-state index < -0.39 is 124 Å². The summed E-state index contributed by atoms with van der Waals surface area (Å²) in [7, 11) is 0. The summed E-state index contributed by atoms with van der Waals surface area (Å²) in [4.78, 5) is 13.3. The number of rotatable bonds is 49. The summed E-state index contributed by atoms with van der Waals surface area (Å²) in [6.07, 6.45) is 48.4. The number of allylic oxidation sites excluding steroid dienone is 24. The van der Waals surface area contributed by atoms with Crippen molar-refractivity contribution in [3.05, 3.63) is 146 Å². The first-order chi connectivity index (χ1) is 44.8. The topological polar surface area (TPSA) is 307 Å². The zero-order chi connectivity index (χ0) is 66.8. The molecule has 3 heterocycles. The van der Waals surface area contributed by atoms with Gasteiger partial charge in [0, 0.05) is 6.42 Å². The van der Waals surface area contributed by atoms with Gasteiger partial charge in [0.2, 0.25) is 5.91 Å². The second-order valence-corrected chi connectivity index (χ2v) is 23.6. The first-order valence-corrected chi connectivity index (χ1v) is 34.1. The highest BCUT2D eigenvalue weighted by Gasteiger charge is 2.53. The average Bonchev–Trinajstić information content (AvgIpc) is 0.830. The van der Waals surface area contributed by atoms with E-state index in [4.69, 9.17) is 28.4 Å². The Kier molecular flexibility index (Phi) is 47.1. The number of ether oxygens (including phenoxy) is 6. The number of hydrogen-bond donors (Lipinski definition) is 12. The van der Waals surface area contributed by atoms with Crippen LogP contribution in [-0.4, -0.2) is 193 Å². The van der Waals surface area contributed by atoms with Crippen LogP contribution in [0, 0.1) is 0 Å². The van der Waals surface area contributed by atoms with Gasteiger partial charge in [-0.2, -0.15) is 0 Å². The molecular weight excluding hydrogens is 1180 g/mol. The summed E-state index contributed by atoms with van der Waals surface area (Å²) < 4.78 is 34.2. The van der Waals surface area contributed by atoms with Crippen LogP contribution in [0.2, 0.25) is 0 Å². The van der Waals surface area contributed by atoms with Crippen LogP contribution >= 0.6 is 0 Å². The van der Waals surface area contributed by atoms with Crippen LogP contribution in [-0.2, 0) is 33.2 Å². The summed E-state index contributed by atoms with van der Waals surface area (Å²) in [5.41, 5.74) is 0. The number of amides is 1. The van der Waals surface area contributed by atoms with Gasteiger partial charge in [-0.15, -0.1) is 0 Å². The minimum Gasteiger partial charge on any atom is -0.394 e. The van der Waals surface area contributed by atoms with E-state index in [1.54, 1.807) is 0 Å². The first-order valence-electron chi connectivity index (χ1n) is 34.1. The molecule has 17 unspecified atom stereocenters. The molecule has 522 valence electrons. The molecule has 3 aliphatic heterocycles. The van der Waals surface area contributed by atoms with Gasteiger partial charge in [-0.1, -0.05) is 211 Å². The zero-order valence-electron chi connectivity index (χ0n) is 55.0. The Labute approximate surface area is 549 Å². The van der Waals surface area contributed by atoms with Crippen molar-refractivity contribution in [2.75, 3.05) is 26.4 Å². The molecule has 0 aromatic heterocycles. The third-order valence-electron chi connectivity index (χ3n) is 15.9. The maximum absolute atomic E-state index is 13.3. The molecular formula is C73H117NO18. The molecule has 0 radical (unpaired) electrons. The van der Waals surface area contributed by atoms with E-state index in [0.717, 1.165) is 122 Å². The third-order valence-corrected chi connectivity index (χ3v) is 15.9. The van der Waals surface area contributed by atoms with Gasteiger partial charge in [0.15, 0.2) is 18.9 Å². The van der Waals surface area contributed by atoms with Crippen molar-refractivity contribution in [2.45, 2.75) is 279 Å². The summed E-state index contributed by atoms with van der Waals surface area (Å²) in [5, 5.41) is 120. The average molecular weight is 1300 g/mol. The van der Waals surface area contributed by atoms with Crippen molar-refractivity contribution >= 4 is 5.91 Å². The molecule has 0 aromatic rings. The number of carbonyl (C=O) groups excluding carboxylic acids is 1. The molecule has 0 spiro atoms. The van der Waals surface area contributed by atoms with E-state index >= 15 is 0 Å². The molecule has 92 heavy (non-hydrogen) atoms. The van der Waals surface area contributed by atoms with Gasteiger partial charge in [0.25, 0.3) is 0 Å². The van der Waals surface area contributed by atoms with Crippen LogP contribution in [0.3, 0.4) is 0 Å². The summed E-state index contributed by atoms with van der Waals surface area (Å²) in [5.74, 6) is -0.296. The Morgan fingerprint density at radius 2 is 0.750 bits per heavy atom. The van der Waals surface area contributed by atoms with Gasteiger partial charge in [0.05, 0.1) is 38.6 Å². The summed E-state index contributed by atoms with van der Waals surface area (Å²) >= 11 is 0. The molecule has 3 rings (SSSR count). The Balaban J connectivity index is 1.34. The van der Waals surface area contributed by atoms with Crippen LogP contribution in [0.1, 0.15) is 174 Å². The standard InChI is InChI=1S/C73H117NO18/c1-3-5-7-9-11-13-14-15-16-17-18-19-20-21-22-23-24-25-26-27-28-29-30-31-32-33-34-35-36-37-38-39-40-41-42-43-45-47-49-51-61(79)74-56(57(78)50-48-46-44-12-10-8-6-4-2)55-87-71-67(85)64(82)69(59(53-76)89-71)92-73-68(86)65(83)70(60(54-77)90-73)91-72-66(84)63(81)62(80)58(52-75)88-72/h5,7,11,13,15-16,18-19,21-22,24-25,27-28,30-31,33-34,36-37,39-40,42-43,56-60,62-73,75-78,80-86H,3-4,6,8-10,12,14,17,20,23,26,29,32,35,38,41,44-55H2,1-2H3,(H,74,79)/b7-5-,13-11-,16-15-,19-18-,22-21-,25-24-,28-27-,31-30-,34-33-,37-36-,40-39-,43-42-. The lowest BCUT2D eigenvalue weighted by atomic mass is 9.96. The fourth-order valence-corrected chi connectivity index (χ4v) is 10.4. The molecule has 1 amide bonds. The number of aliphatic hydroxyl groups excluding tert-OH is 11. The van der Waals surface area contributed by atoms with Crippen molar-refractivity contribution in [1.82, 2.24) is 5.32 Å². The molecule has 3 fully saturated rings. The van der Waals surface area contributed by atoms with E-state index in [-0.39, 0.29) is 18.9 Å². The molecule has 17 atom stereocenters. The lowest BCUT2D eigenvalue weighted by Crippen LogP contribution is -2.66. The van der Waals surface area contributed by atoms with Gasteiger partial charge < -0.3 is 89.9 Å². The number of unbranched alkanes of at least 4 members (excludes halogenated alkanes) is 9. The largest absolute Gasteiger partial charge is 0.394 e. The maximum atomic E-state index is 13.3. The molecule has 0 saturated carbocycles. The molecule has 19 heteroatoms. The summed E-state index contributed by atoms with van der Waals surface area (Å²) in [6, 6.07) is -0.919. The van der Waals surface area contributed by atoms with Crippen LogP contribution < -0.4 is 5.32 Å². The Morgan fingerprint density at radius 1 is 0.402 bits per heavy atom. The van der Waals surface area contributed by atoms with E-state index in [1.165, 1.54) is 12.8 Å². The quantitative estimate of drug-likeness (QED) is 0.0200. The van der Waals surface area contributed by atoms with Crippen LogP contribution in [0.5, 0.6) is 0 Å². The molecule has 0 aromatic carbocycles. The lowest BCUT2D eigenvalue weighted by molar-refractivity contribution is -0.379. The van der Waals surface area contributed by atoms with Crippen molar-refractivity contribution in [3.63, 3.8) is 0 Å². The van der Waals surface area contributed by atoms with Gasteiger partial charge in [-0.05, 0) is 103 Å². The minimum absolute atomic E-state index is 0.200. The Bertz CT molecular complexity index is 2240. The highest BCUT2D eigenvalue weighted by Crippen LogP contribution is 2.33. The van der Waals surface area contributed by atoms with Gasteiger partial charge in [-0.3, -0.25) is 4.79 Å². The predicted molar refractivity (Wildman–Crippen MR) is 359 cm³/mol. The molecule has 0 bridgehead atoms. The van der Waals surface area contributed by atoms with Crippen molar-refractivity contribution in [2.24, 2.45) is 0 Å². The highest BCUT2D eigenvalue weighted by molar-refractivity contribution is 5.76. The number of carbonyl (C=O) groups is 1. The number of nitrogens with one attached hydrogen (secondary N) is 1. The maximum Gasteiger partial charge on any atom is 0.220 e. The van der Waals surface area contributed by atoms with E-state index in [0.29, 0.717) is 19.3 Å².